The molecule has 0 spiro atoms. The van der Waals surface area contributed by atoms with Crippen molar-refractivity contribution < 1.29 is 9.47 Å². The van der Waals surface area contributed by atoms with Crippen molar-refractivity contribution in [3.05, 3.63) is 0 Å². The van der Waals surface area contributed by atoms with E-state index in [2.05, 4.69) is 33.1 Å². The number of rotatable bonds is 8. The molecule has 0 fully saturated rings. The van der Waals surface area contributed by atoms with E-state index in [1.807, 2.05) is 13.8 Å². The van der Waals surface area contributed by atoms with Crippen molar-refractivity contribution >= 4 is 5.95 Å². The minimum Gasteiger partial charge on any atom is -0.462 e. The summed E-state index contributed by atoms with van der Waals surface area (Å²) in [5.74, 6) is 2.94. The number of aromatic nitrogens is 3. The SMILES string of the molecule is C#CCCOc1nc(NCCC)nc(OC(C)C)n1. The molecule has 0 saturated heterocycles. The van der Waals surface area contributed by atoms with Crippen LogP contribution in [0, 0.1) is 12.3 Å². The Morgan fingerprint density at radius 2 is 2.00 bits per heavy atom. The van der Waals surface area contributed by atoms with Gasteiger partial charge in [-0.05, 0) is 20.3 Å². The zero-order valence-corrected chi connectivity index (χ0v) is 11.6. The van der Waals surface area contributed by atoms with Gasteiger partial charge in [-0.2, -0.15) is 9.97 Å². The summed E-state index contributed by atoms with van der Waals surface area (Å²) in [5, 5.41) is 3.08. The Morgan fingerprint density at radius 3 is 2.63 bits per heavy atom. The first-order valence-corrected chi connectivity index (χ1v) is 6.38. The second-order valence-electron chi connectivity index (χ2n) is 4.12. The number of nitrogens with zero attached hydrogens (tertiary/aromatic N) is 3. The summed E-state index contributed by atoms with van der Waals surface area (Å²) in [4.78, 5) is 12.4. The fourth-order valence-electron chi connectivity index (χ4n) is 1.18. The second-order valence-corrected chi connectivity index (χ2v) is 4.12. The van der Waals surface area contributed by atoms with Gasteiger partial charge in [0.1, 0.15) is 6.61 Å². The van der Waals surface area contributed by atoms with Gasteiger partial charge in [0.25, 0.3) is 0 Å². The summed E-state index contributed by atoms with van der Waals surface area (Å²) in [7, 11) is 0. The van der Waals surface area contributed by atoms with Gasteiger partial charge < -0.3 is 14.8 Å². The third kappa shape index (κ3) is 5.91. The Hall–Kier alpha value is -2.03. The van der Waals surface area contributed by atoms with Crippen LogP contribution in [0.25, 0.3) is 0 Å². The number of hydrogen-bond donors (Lipinski definition) is 1. The Balaban J connectivity index is 2.79. The van der Waals surface area contributed by atoms with Gasteiger partial charge in [-0.25, -0.2) is 0 Å². The maximum absolute atomic E-state index is 5.46. The molecule has 19 heavy (non-hydrogen) atoms. The van der Waals surface area contributed by atoms with Gasteiger partial charge in [-0.1, -0.05) is 6.92 Å². The van der Waals surface area contributed by atoms with Gasteiger partial charge >= 0.3 is 12.0 Å². The van der Waals surface area contributed by atoms with E-state index in [1.54, 1.807) is 0 Å². The summed E-state index contributed by atoms with van der Waals surface area (Å²) in [6, 6.07) is 0.471. The number of ether oxygens (including phenoxy) is 2. The van der Waals surface area contributed by atoms with Crippen molar-refractivity contribution in [1.29, 1.82) is 0 Å². The Kier molecular flexibility index (Phi) is 6.44. The van der Waals surface area contributed by atoms with Crippen LogP contribution in [0.5, 0.6) is 12.0 Å². The van der Waals surface area contributed by atoms with Crippen LogP contribution in [0.15, 0.2) is 0 Å². The fraction of sp³-hybridized carbons (Fsp3) is 0.615. The summed E-state index contributed by atoms with van der Waals surface area (Å²) in [6.07, 6.45) is 6.63. The van der Waals surface area contributed by atoms with Crippen LogP contribution >= 0.6 is 0 Å². The van der Waals surface area contributed by atoms with Gasteiger partial charge in [0.2, 0.25) is 5.95 Å². The zero-order chi connectivity index (χ0) is 14.1. The summed E-state index contributed by atoms with van der Waals surface area (Å²) < 4.78 is 10.8. The first-order valence-electron chi connectivity index (χ1n) is 6.38. The fourth-order valence-corrected chi connectivity index (χ4v) is 1.18. The number of anilines is 1. The van der Waals surface area contributed by atoms with Crippen molar-refractivity contribution in [1.82, 2.24) is 15.0 Å². The highest BCUT2D eigenvalue weighted by Crippen LogP contribution is 2.14. The Bertz CT molecular complexity index is 429. The lowest BCUT2D eigenvalue weighted by molar-refractivity contribution is 0.214. The molecule has 0 aliphatic carbocycles. The van der Waals surface area contributed by atoms with Gasteiger partial charge in [0.15, 0.2) is 0 Å². The monoisotopic (exact) mass is 264 g/mol. The van der Waals surface area contributed by atoms with E-state index in [0.717, 1.165) is 13.0 Å². The molecule has 1 aromatic heterocycles. The van der Waals surface area contributed by atoms with Crippen LogP contribution in [-0.2, 0) is 0 Å². The maximum atomic E-state index is 5.46. The molecular weight excluding hydrogens is 244 g/mol. The van der Waals surface area contributed by atoms with E-state index in [-0.39, 0.29) is 18.1 Å². The average molecular weight is 264 g/mol. The number of terminal acetylenes is 1. The molecule has 0 bridgehead atoms. The molecule has 0 radical (unpaired) electrons. The molecule has 1 aromatic rings. The summed E-state index contributed by atoms with van der Waals surface area (Å²) in [5.41, 5.74) is 0. The Morgan fingerprint density at radius 1 is 1.26 bits per heavy atom. The molecule has 6 nitrogen and oxygen atoms in total. The van der Waals surface area contributed by atoms with Crippen molar-refractivity contribution in [2.75, 3.05) is 18.5 Å². The smallest absolute Gasteiger partial charge is 0.324 e. The maximum Gasteiger partial charge on any atom is 0.324 e. The minimum atomic E-state index is -0.0139. The second kappa shape index (κ2) is 8.14. The average Bonchev–Trinajstić information content (AvgIpc) is 2.36. The molecule has 0 aromatic carbocycles. The van der Waals surface area contributed by atoms with Crippen molar-refractivity contribution in [2.45, 2.75) is 39.7 Å². The van der Waals surface area contributed by atoms with Gasteiger partial charge in [0.05, 0.1) is 6.10 Å². The molecule has 0 atom stereocenters. The van der Waals surface area contributed by atoms with Crippen LogP contribution in [0.1, 0.15) is 33.6 Å². The van der Waals surface area contributed by atoms with Crippen LogP contribution in [0.3, 0.4) is 0 Å². The van der Waals surface area contributed by atoms with Crippen LogP contribution in [0.2, 0.25) is 0 Å². The Labute approximate surface area is 114 Å². The van der Waals surface area contributed by atoms with E-state index in [9.17, 15) is 0 Å². The van der Waals surface area contributed by atoms with Crippen LogP contribution in [0.4, 0.5) is 5.95 Å². The molecule has 1 heterocycles. The topological polar surface area (TPSA) is 69.2 Å². The van der Waals surface area contributed by atoms with Crippen molar-refractivity contribution in [3.8, 4) is 24.4 Å². The molecule has 104 valence electrons. The first-order chi connectivity index (χ1) is 9.15. The van der Waals surface area contributed by atoms with Gasteiger partial charge in [0, 0.05) is 13.0 Å². The molecular formula is C13H20N4O2. The molecule has 6 heteroatoms. The predicted octanol–water partition coefficient (Wildman–Crippen LogP) is 1.88. The quantitative estimate of drug-likeness (QED) is 0.571. The molecule has 1 N–H and O–H groups in total. The minimum absolute atomic E-state index is 0.0139. The third-order valence-electron chi connectivity index (χ3n) is 1.95. The van der Waals surface area contributed by atoms with Gasteiger partial charge in [-0.3, -0.25) is 0 Å². The predicted molar refractivity (Wildman–Crippen MR) is 73.3 cm³/mol. The highest BCUT2D eigenvalue weighted by molar-refractivity contribution is 5.27. The zero-order valence-electron chi connectivity index (χ0n) is 11.6. The normalized spacial score (nSPS) is 10.1. The van der Waals surface area contributed by atoms with E-state index >= 15 is 0 Å². The van der Waals surface area contributed by atoms with E-state index in [1.165, 1.54) is 0 Å². The lowest BCUT2D eigenvalue weighted by Crippen LogP contribution is -2.13. The third-order valence-corrected chi connectivity index (χ3v) is 1.95. The first kappa shape index (κ1) is 15.0. The van der Waals surface area contributed by atoms with Crippen LogP contribution < -0.4 is 14.8 Å². The lowest BCUT2D eigenvalue weighted by atomic mass is 10.5. The van der Waals surface area contributed by atoms with Crippen LogP contribution in [-0.4, -0.2) is 34.2 Å². The molecule has 0 aliphatic rings. The van der Waals surface area contributed by atoms with Crippen molar-refractivity contribution in [3.63, 3.8) is 0 Å². The van der Waals surface area contributed by atoms with Crippen molar-refractivity contribution in [2.24, 2.45) is 0 Å². The highest BCUT2D eigenvalue weighted by atomic mass is 16.5. The van der Waals surface area contributed by atoms with Gasteiger partial charge in [-0.15, -0.1) is 17.3 Å². The van der Waals surface area contributed by atoms with E-state index < -0.39 is 0 Å². The highest BCUT2D eigenvalue weighted by Gasteiger charge is 2.09. The largest absolute Gasteiger partial charge is 0.462 e. The van der Waals surface area contributed by atoms with E-state index in [0.29, 0.717) is 19.0 Å². The standard InChI is InChI=1S/C13H20N4O2/c1-5-7-9-18-12-15-11(14-8-6-2)16-13(17-12)19-10(3)4/h1,10H,6-9H2,2-4H3,(H,14,15,16,17). The molecule has 0 amide bonds. The molecule has 0 saturated carbocycles. The summed E-state index contributed by atoms with van der Waals surface area (Å²) in [6.45, 7) is 7.01. The molecule has 1 rings (SSSR count). The molecule has 0 unspecified atom stereocenters. The molecule has 0 aliphatic heterocycles. The lowest BCUT2D eigenvalue weighted by Gasteiger charge is -2.11. The number of hydrogen-bond acceptors (Lipinski definition) is 6. The number of nitrogens with one attached hydrogen (secondary N) is 1. The van der Waals surface area contributed by atoms with E-state index in [4.69, 9.17) is 15.9 Å². The summed E-state index contributed by atoms with van der Waals surface area (Å²) >= 11 is 0.